The Hall–Kier alpha value is -3.69. The van der Waals surface area contributed by atoms with Crippen molar-refractivity contribution in [2.24, 2.45) is 0 Å². The van der Waals surface area contributed by atoms with Crippen LogP contribution in [0.25, 0.3) is 0 Å². The molecule has 0 radical (unpaired) electrons. The minimum absolute atomic E-state index is 0.0756. The fraction of sp³-hybridized carbons (Fsp3) is 0.231. The number of anilines is 2. The summed E-state index contributed by atoms with van der Waals surface area (Å²) in [6, 6.07) is 19.9. The van der Waals surface area contributed by atoms with E-state index in [0.29, 0.717) is 24.4 Å². The van der Waals surface area contributed by atoms with Crippen LogP contribution in [0.4, 0.5) is 11.4 Å². The van der Waals surface area contributed by atoms with Crippen LogP contribution in [0.1, 0.15) is 21.5 Å². The molecule has 35 heavy (non-hydrogen) atoms. The Bertz CT molecular complexity index is 1290. The number of rotatable bonds is 10. The first-order valence-electron chi connectivity index (χ1n) is 11.0. The summed E-state index contributed by atoms with van der Waals surface area (Å²) in [5.41, 5.74) is 2.53. The number of para-hydroxylation sites is 1. The Kier molecular flexibility index (Phi) is 8.62. The van der Waals surface area contributed by atoms with Crippen LogP contribution >= 0.6 is 0 Å². The quantitative estimate of drug-likeness (QED) is 0.419. The van der Waals surface area contributed by atoms with Gasteiger partial charge in [-0.1, -0.05) is 42.5 Å². The van der Waals surface area contributed by atoms with E-state index in [0.717, 1.165) is 9.87 Å². The third-order valence-electron chi connectivity index (χ3n) is 5.29. The predicted octanol–water partition coefficient (Wildman–Crippen LogP) is 3.51. The van der Waals surface area contributed by atoms with Crippen LogP contribution < -0.4 is 14.9 Å². The maximum atomic E-state index is 13.6. The molecule has 0 spiro atoms. The van der Waals surface area contributed by atoms with Gasteiger partial charge in [0.15, 0.2) is 0 Å². The monoisotopic (exact) mass is 495 g/mol. The summed E-state index contributed by atoms with van der Waals surface area (Å²) in [6.07, 6.45) is 0. The molecular weight excluding hydrogens is 466 g/mol. The molecule has 0 aliphatic carbocycles. The van der Waals surface area contributed by atoms with E-state index in [1.165, 1.54) is 19.2 Å². The summed E-state index contributed by atoms with van der Waals surface area (Å²) in [5, 5.41) is 5.42. The van der Waals surface area contributed by atoms with Crippen LogP contribution in [0, 0.1) is 13.8 Å². The van der Waals surface area contributed by atoms with E-state index < -0.39 is 22.5 Å². The predicted molar refractivity (Wildman–Crippen MR) is 136 cm³/mol. The maximum Gasteiger partial charge on any atom is 0.264 e. The minimum atomic E-state index is -4.04. The topological polar surface area (TPSA) is 105 Å². The van der Waals surface area contributed by atoms with Gasteiger partial charge in [0.05, 0.1) is 28.4 Å². The Morgan fingerprint density at radius 3 is 2.34 bits per heavy atom. The van der Waals surface area contributed by atoms with Crippen molar-refractivity contribution in [2.45, 2.75) is 18.7 Å². The van der Waals surface area contributed by atoms with Crippen LogP contribution in [-0.4, -0.2) is 47.0 Å². The SMILES string of the molecule is COCCNC(=O)c1ccccc1NC(=O)CN(c1cc(C)ccc1C)S(=O)(=O)c1ccccc1. The number of amides is 2. The number of methoxy groups -OCH3 is 1. The molecule has 0 saturated heterocycles. The number of aryl methyl sites for hydroxylation is 2. The molecule has 0 bridgehead atoms. The molecule has 8 nitrogen and oxygen atoms in total. The number of nitrogens with zero attached hydrogens (tertiary/aromatic N) is 1. The zero-order chi connectivity index (χ0) is 25.4. The van der Waals surface area contributed by atoms with E-state index in [2.05, 4.69) is 10.6 Å². The van der Waals surface area contributed by atoms with Gasteiger partial charge in [0.1, 0.15) is 6.54 Å². The Balaban J connectivity index is 1.92. The first-order valence-corrected chi connectivity index (χ1v) is 12.5. The molecule has 0 heterocycles. The lowest BCUT2D eigenvalue weighted by atomic mass is 10.1. The normalized spacial score (nSPS) is 11.1. The molecule has 0 aliphatic heterocycles. The molecule has 3 rings (SSSR count). The number of carbonyl (C=O) groups excluding carboxylic acids is 2. The molecule has 0 aromatic heterocycles. The molecule has 184 valence electrons. The number of carbonyl (C=O) groups is 2. The van der Waals surface area contributed by atoms with Gasteiger partial charge in [0.25, 0.3) is 15.9 Å². The van der Waals surface area contributed by atoms with E-state index in [-0.39, 0.29) is 22.1 Å². The Morgan fingerprint density at radius 1 is 0.943 bits per heavy atom. The van der Waals surface area contributed by atoms with E-state index in [9.17, 15) is 18.0 Å². The molecular formula is C26H29N3O5S. The van der Waals surface area contributed by atoms with Crippen molar-refractivity contribution in [1.29, 1.82) is 0 Å². The summed E-state index contributed by atoms with van der Waals surface area (Å²) >= 11 is 0. The molecule has 0 atom stereocenters. The highest BCUT2D eigenvalue weighted by Crippen LogP contribution is 2.28. The number of ether oxygens (including phenoxy) is 1. The molecule has 3 aromatic carbocycles. The fourth-order valence-electron chi connectivity index (χ4n) is 3.48. The smallest absolute Gasteiger partial charge is 0.264 e. The lowest BCUT2D eigenvalue weighted by Gasteiger charge is -2.26. The van der Waals surface area contributed by atoms with Gasteiger partial charge in [0.2, 0.25) is 5.91 Å². The second-order valence-electron chi connectivity index (χ2n) is 7.96. The maximum absolute atomic E-state index is 13.6. The van der Waals surface area contributed by atoms with Gasteiger partial charge in [-0.3, -0.25) is 13.9 Å². The van der Waals surface area contributed by atoms with Crippen molar-refractivity contribution >= 4 is 33.2 Å². The molecule has 0 unspecified atom stereocenters. The number of nitrogens with one attached hydrogen (secondary N) is 2. The first-order chi connectivity index (χ1) is 16.7. The molecule has 9 heteroatoms. The summed E-state index contributed by atoms with van der Waals surface area (Å²) < 4.78 is 33.2. The standard InChI is InChI=1S/C26H29N3O5S/c1-19-13-14-20(2)24(17-19)29(35(32,33)21-9-5-4-6-10-21)18-25(30)28-23-12-8-7-11-22(23)26(31)27-15-16-34-3/h4-14,17H,15-16,18H2,1-3H3,(H,27,31)(H,28,30). The van der Waals surface area contributed by atoms with Gasteiger partial charge >= 0.3 is 0 Å². The van der Waals surface area contributed by atoms with Crippen molar-refractivity contribution in [3.05, 3.63) is 89.5 Å². The van der Waals surface area contributed by atoms with Crippen LogP contribution in [0.2, 0.25) is 0 Å². The molecule has 0 fully saturated rings. The number of benzene rings is 3. The molecule has 2 N–H and O–H groups in total. The third kappa shape index (κ3) is 6.46. The average Bonchev–Trinajstić information content (AvgIpc) is 2.85. The zero-order valence-electron chi connectivity index (χ0n) is 19.9. The van der Waals surface area contributed by atoms with Gasteiger partial charge in [-0.05, 0) is 55.3 Å². The minimum Gasteiger partial charge on any atom is -0.383 e. The van der Waals surface area contributed by atoms with Crippen LogP contribution in [-0.2, 0) is 19.6 Å². The molecule has 3 aromatic rings. The highest BCUT2D eigenvalue weighted by atomic mass is 32.2. The second kappa shape index (κ2) is 11.6. The van der Waals surface area contributed by atoms with Crippen molar-refractivity contribution in [3.63, 3.8) is 0 Å². The van der Waals surface area contributed by atoms with Crippen LogP contribution in [0.5, 0.6) is 0 Å². The number of hydrogen-bond acceptors (Lipinski definition) is 5. The lowest BCUT2D eigenvalue weighted by Crippen LogP contribution is -2.39. The second-order valence-corrected chi connectivity index (χ2v) is 9.82. The molecule has 2 amide bonds. The first kappa shape index (κ1) is 25.9. The van der Waals surface area contributed by atoms with Crippen molar-refractivity contribution in [2.75, 3.05) is 36.4 Å². The summed E-state index contributed by atoms with van der Waals surface area (Å²) in [4.78, 5) is 25.8. The van der Waals surface area contributed by atoms with E-state index >= 15 is 0 Å². The Morgan fingerprint density at radius 2 is 1.63 bits per heavy atom. The van der Waals surface area contributed by atoms with Crippen LogP contribution in [0.3, 0.4) is 0 Å². The fourth-order valence-corrected chi connectivity index (χ4v) is 4.98. The van der Waals surface area contributed by atoms with Crippen molar-refractivity contribution in [3.8, 4) is 0 Å². The van der Waals surface area contributed by atoms with Crippen molar-refractivity contribution in [1.82, 2.24) is 5.32 Å². The van der Waals surface area contributed by atoms with Gasteiger partial charge in [-0.25, -0.2) is 8.42 Å². The lowest BCUT2D eigenvalue weighted by molar-refractivity contribution is -0.114. The zero-order valence-corrected chi connectivity index (χ0v) is 20.8. The third-order valence-corrected chi connectivity index (χ3v) is 7.06. The average molecular weight is 496 g/mol. The number of hydrogen-bond donors (Lipinski definition) is 2. The molecule has 0 saturated carbocycles. The Labute approximate surface area is 206 Å². The van der Waals surface area contributed by atoms with Gasteiger partial charge in [-0.15, -0.1) is 0 Å². The highest BCUT2D eigenvalue weighted by Gasteiger charge is 2.28. The summed E-state index contributed by atoms with van der Waals surface area (Å²) in [6.45, 7) is 3.84. The van der Waals surface area contributed by atoms with Gasteiger partial charge in [-0.2, -0.15) is 0 Å². The van der Waals surface area contributed by atoms with E-state index in [1.54, 1.807) is 55.5 Å². The van der Waals surface area contributed by atoms with Crippen molar-refractivity contribution < 1.29 is 22.7 Å². The summed E-state index contributed by atoms with van der Waals surface area (Å²) in [5.74, 6) is -0.955. The van der Waals surface area contributed by atoms with E-state index in [4.69, 9.17) is 4.74 Å². The number of sulfonamides is 1. The summed E-state index contributed by atoms with van der Waals surface area (Å²) in [7, 11) is -2.51. The van der Waals surface area contributed by atoms with Crippen LogP contribution in [0.15, 0.2) is 77.7 Å². The molecule has 0 aliphatic rings. The van der Waals surface area contributed by atoms with E-state index in [1.807, 2.05) is 19.1 Å². The van der Waals surface area contributed by atoms with Gasteiger partial charge < -0.3 is 15.4 Å². The highest BCUT2D eigenvalue weighted by molar-refractivity contribution is 7.92. The largest absolute Gasteiger partial charge is 0.383 e. The van der Waals surface area contributed by atoms with Gasteiger partial charge in [0, 0.05) is 13.7 Å².